The third-order valence-corrected chi connectivity index (χ3v) is 5.51. The highest BCUT2D eigenvalue weighted by Gasteiger charge is 2.27. The molecule has 0 amide bonds. The van der Waals surface area contributed by atoms with E-state index in [0.717, 1.165) is 12.8 Å². The van der Waals surface area contributed by atoms with Crippen molar-refractivity contribution in [3.8, 4) is 0 Å². The molecule has 0 saturated carbocycles. The van der Waals surface area contributed by atoms with Crippen LogP contribution in [0, 0.1) is 5.92 Å². The van der Waals surface area contributed by atoms with Crippen LogP contribution in [-0.4, -0.2) is 49.4 Å². The zero-order valence-corrected chi connectivity index (χ0v) is 13.5. The lowest BCUT2D eigenvalue weighted by atomic mass is 10.0. The summed E-state index contributed by atoms with van der Waals surface area (Å²) in [5.74, 6) is 0.148. The third-order valence-electron chi connectivity index (χ3n) is 2.98. The summed E-state index contributed by atoms with van der Waals surface area (Å²) in [6.07, 6.45) is 1.76. The van der Waals surface area contributed by atoms with Crippen LogP contribution in [0.2, 0.25) is 0 Å². The molecule has 0 bridgehead atoms. The molecule has 1 atom stereocenters. The quantitative estimate of drug-likeness (QED) is 0.422. The van der Waals surface area contributed by atoms with Crippen LogP contribution in [0.25, 0.3) is 0 Å². The number of hydrogen-bond acceptors (Lipinski definition) is 4. The van der Waals surface area contributed by atoms with Gasteiger partial charge in [-0.25, -0.2) is 4.72 Å². The molecule has 1 fully saturated rings. The minimum Gasteiger partial charge on any atom is -0.468 e. The molecule has 1 saturated heterocycles. The zero-order valence-electron chi connectivity index (χ0n) is 10.6. The van der Waals surface area contributed by atoms with Gasteiger partial charge in [-0.2, -0.15) is 12.7 Å². The fourth-order valence-electron chi connectivity index (χ4n) is 1.71. The zero-order chi connectivity index (χ0) is 13.8. The first-order valence-corrected chi connectivity index (χ1v) is 8.52. The molecule has 0 aromatic heterocycles. The van der Waals surface area contributed by atoms with Crippen molar-refractivity contribution in [1.82, 2.24) is 9.03 Å². The summed E-state index contributed by atoms with van der Waals surface area (Å²) in [7, 11) is -2.19. The smallest absolute Gasteiger partial charge is 0.319 e. The number of nitrogens with one attached hydrogen (secondary N) is 1. The number of hydrogen-bond donors (Lipinski definition) is 1. The summed E-state index contributed by atoms with van der Waals surface area (Å²) in [5, 5.41) is 0. The Balaban J connectivity index is 2.47. The molecular formula is C10H19IN2O4S. The number of carbonyl (C=O) groups excluding carboxylic acids is 1. The minimum atomic E-state index is -3.47. The van der Waals surface area contributed by atoms with Gasteiger partial charge in [0.1, 0.15) is 3.92 Å². The largest absolute Gasteiger partial charge is 0.468 e. The number of alkyl halides is 1. The van der Waals surface area contributed by atoms with Crippen molar-refractivity contribution >= 4 is 38.8 Å². The van der Waals surface area contributed by atoms with E-state index in [2.05, 4.69) is 16.4 Å². The van der Waals surface area contributed by atoms with E-state index in [9.17, 15) is 13.2 Å². The van der Waals surface area contributed by atoms with E-state index in [-0.39, 0.29) is 6.54 Å². The molecule has 0 aromatic rings. The van der Waals surface area contributed by atoms with Gasteiger partial charge < -0.3 is 4.74 Å². The number of esters is 1. The van der Waals surface area contributed by atoms with E-state index in [4.69, 9.17) is 0 Å². The van der Waals surface area contributed by atoms with Crippen molar-refractivity contribution in [3.63, 3.8) is 0 Å². The number of carbonyl (C=O) groups is 1. The molecule has 1 aliphatic rings. The first kappa shape index (κ1) is 16.1. The minimum absolute atomic E-state index is 0.0572. The number of methoxy groups -OCH3 is 1. The first-order valence-electron chi connectivity index (χ1n) is 5.83. The van der Waals surface area contributed by atoms with Crippen LogP contribution < -0.4 is 4.72 Å². The summed E-state index contributed by atoms with van der Waals surface area (Å²) in [4.78, 5) is 11.2. The van der Waals surface area contributed by atoms with Gasteiger partial charge in [0.2, 0.25) is 0 Å². The molecule has 1 N–H and O–H groups in total. The van der Waals surface area contributed by atoms with E-state index in [1.54, 1.807) is 0 Å². The van der Waals surface area contributed by atoms with E-state index in [1.807, 2.05) is 22.6 Å². The molecule has 1 aliphatic heterocycles. The molecule has 0 aromatic carbocycles. The highest BCUT2D eigenvalue weighted by atomic mass is 127. The second-order valence-electron chi connectivity index (χ2n) is 4.43. The van der Waals surface area contributed by atoms with Crippen molar-refractivity contribution < 1.29 is 17.9 Å². The highest BCUT2D eigenvalue weighted by molar-refractivity contribution is 14.1. The Morgan fingerprint density at radius 1 is 1.50 bits per heavy atom. The fourth-order valence-corrected chi connectivity index (χ4v) is 3.73. The Morgan fingerprint density at radius 3 is 2.56 bits per heavy atom. The SMILES string of the molecule is COC(=O)C(I)CNS(=O)(=O)N1CCC(C)CC1. The Bertz CT molecular complexity index is 379. The number of ether oxygens (including phenoxy) is 1. The monoisotopic (exact) mass is 390 g/mol. The van der Waals surface area contributed by atoms with Crippen molar-refractivity contribution in [2.24, 2.45) is 5.92 Å². The molecule has 6 nitrogen and oxygen atoms in total. The lowest BCUT2D eigenvalue weighted by Gasteiger charge is -2.29. The number of piperidine rings is 1. The maximum Gasteiger partial charge on any atom is 0.319 e. The topological polar surface area (TPSA) is 75.7 Å². The van der Waals surface area contributed by atoms with Crippen LogP contribution in [0.5, 0.6) is 0 Å². The number of halogens is 1. The average Bonchev–Trinajstić information content (AvgIpc) is 2.35. The number of nitrogens with zero attached hydrogens (tertiary/aromatic N) is 1. The standard InChI is InChI=1S/C10H19IN2O4S/c1-8-3-5-13(6-4-8)18(15,16)12-7-9(11)10(14)17-2/h8-9,12H,3-7H2,1-2H3. The second-order valence-corrected chi connectivity index (χ2v) is 7.68. The van der Waals surface area contributed by atoms with Crippen molar-refractivity contribution in [2.45, 2.75) is 23.7 Å². The third kappa shape index (κ3) is 4.63. The lowest BCUT2D eigenvalue weighted by molar-refractivity contribution is -0.139. The summed E-state index contributed by atoms with van der Waals surface area (Å²) in [6, 6.07) is 0. The van der Waals surface area contributed by atoms with E-state index in [1.165, 1.54) is 11.4 Å². The highest BCUT2D eigenvalue weighted by Crippen LogP contribution is 2.18. The average molecular weight is 390 g/mol. The molecular weight excluding hydrogens is 371 g/mol. The Hall–Kier alpha value is 0.0700. The molecule has 106 valence electrons. The van der Waals surface area contributed by atoms with E-state index in [0.29, 0.717) is 19.0 Å². The van der Waals surface area contributed by atoms with Crippen LogP contribution in [0.1, 0.15) is 19.8 Å². The van der Waals surface area contributed by atoms with E-state index >= 15 is 0 Å². The van der Waals surface area contributed by atoms with Gasteiger partial charge in [0.15, 0.2) is 0 Å². The first-order chi connectivity index (χ1) is 8.36. The summed E-state index contributed by atoms with van der Waals surface area (Å²) >= 11 is 1.86. The van der Waals surface area contributed by atoms with E-state index < -0.39 is 20.1 Å². The summed E-state index contributed by atoms with van der Waals surface area (Å²) in [5.41, 5.74) is 0. The van der Waals surface area contributed by atoms with Gasteiger partial charge in [-0.1, -0.05) is 29.5 Å². The van der Waals surface area contributed by atoms with Crippen LogP contribution in [0.4, 0.5) is 0 Å². The summed E-state index contributed by atoms with van der Waals surface area (Å²) < 4.78 is 31.9. The Labute approximate surface area is 122 Å². The van der Waals surface area contributed by atoms with Crippen LogP contribution in [0.3, 0.4) is 0 Å². The Morgan fingerprint density at radius 2 is 2.06 bits per heavy atom. The van der Waals surface area contributed by atoms with Gasteiger partial charge >= 0.3 is 5.97 Å². The van der Waals surface area contributed by atoms with Gasteiger partial charge in [0, 0.05) is 19.6 Å². The molecule has 1 heterocycles. The van der Waals surface area contributed by atoms with Gasteiger partial charge in [-0.3, -0.25) is 4.79 Å². The molecule has 1 unspecified atom stereocenters. The van der Waals surface area contributed by atoms with Crippen molar-refractivity contribution in [1.29, 1.82) is 0 Å². The van der Waals surface area contributed by atoms with Crippen molar-refractivity contribution in [3.05, 3.63) is 0 Å². The predicted molar refractivity (Wildman–Crippen MR) is 76.7 cm³/mol. The molecule has 8 heteroatoms. The maximum absolute atomic E-state index is 12.0. The molecule has 18 heavy (non-hydrogen) atoms. The fraction of sp³-hybridized carbons (Fsp3) is 0.900. The lowest BCUT2D eigenvalue weighted by Crippen LogP contribution is -2.46. The second kappa shape index (κ2) is 7.01. The van der Waals surface area contributed by atoms with Crippen LogP contribution in [-0.2, 0) is 19.7 Å². The van der Waals surface area contributed by atoms with Gasteiger partial charge in [-0.05, 0) is 18.8 Å². The van der Waals surface area contributed by atoms with Gasteiger partial charge in [-0.15, -0.1) is 0 Å². The molecule has 0 radical (unpaired) electrons. The molecule has 1 rings (SSSR count). The van der Waals surface area contributed by atoms with Crippen LogP contribution >= 0.6 is 22.6 Å². The predicted octanol–water partition coefficient (Wildman–Crippen LogP) is 0.529. The van der Waals surface area contributed by atoms with Gasteiger partial charge in [0.05, 0.1) is 7.11 Å². The number of rotatable bonds is 5. The maximum atomic E-state index is 12.0. The summed E-state index contributed by atoms with van der Waals surface area (Å²) in [6.45, 7) is 3.26. The van der Waals surface area contributed by atoms with Crippen molar-refractivity contribution in [2.75, 3.05) is 26.7 Å². The Kier molecular flexibility index (Phi) is 6.28. The normalized spacial score (nSPS) is 20.6. The van der Waals surface area contributed by atoms with Gasteiger partial charge in [0.25, 0.3) is 10.2 Å². The molecule has 0 spiro atoms. The van der Waals surface area contributed by atoms with Crippen LogP contribution in [0.15, 0.2) is 0 Å². The molecule has 0 aliphatic carbocycles.